The molecule has 0 aliphatic carbocycles. The lowest BCUT2D eigenvalue weighted by molar-refractivity contribution is 0.0946. The lowest BCUT2D eigenvalue weighted by atomic mass is 10.2. The zero-order chi connectivity index (χ0) is 15.7. The second-order valence-corrected chi connectivity index (χ2v) is 4.89. The number of halogens is 3. The Bertz CT molecular complexity index is 865. The van der Waals surface area contributed by atoms with Crippen LogP contribution in [0.1, 0.15) is 16.1 Å². The average Bonchev–Trinajstić information content (AvgIpc) is 2.89. The van der Waals surface area contributed by atoms with Crippen molar-refractivity contribution in [2.75, 3.05) is 0 Å². The molecule has 0 atom stereocenters. The fraction of sp³-hybridized carbons (Fsp3) is 0.0714. The van der Waals surface area contributed by atoms with Gasteiger partial charge in [-0.2, -0.15) is 5.10 Å². The van der Waals surface area contributed by atoms with E-state index in [2.05, 4.69) is 15.4 Å². The Hall–Kier alpha value is -2.54. The lowest BCUT2D eigenvalue weighted by Gasteiger charge is -2.04. The quantitative estimate of drug-likeness (QED) is 0.806. The van der Waals surface area contributed by atoms with E-state index < -0.39 is 17.5 Å². The predicted octanol–water partition coefficient (Wildman–Crippen LogP) is 2.59. The topological polar surface area (TPSA) is 59.3 Å². The SMILES string of the molecule is O=C(NCc1ccc(F)cc1F)c1cn2nc(Cl)ccc2n1. The minimum absolute atomic E-state index is 0.0764. The molecule has 2 heterocycles. The van der Waals surface area contributed by atoms with Gasteiger partial charge in [-0.25, -0.2) is 18.3 Å². The Balaban J connectivity index is 1.75. The molecular formula is C14H9ClF2N4O. The fourth-order valence-electron chi connectivity index (χ4n) is 1.90. The molecule has 5 nitrogen and oxygen atoms in total. The van der Waals surface area contributed by atoms with Crippen LogP contribution in [-0.4, -0.2) is 20.5 Å². The van der Waals surface area contributed by atoms with Crippen molar-refractivity contribution < 1.29 is 13.6 Å². The second kappa shape index (κ2) is 5.69. The Kier molecular flexibility index (Phi) is 3.72. The molecule has 0 saturated heterocycles. The van der Waals surface area contributed by atoms with E-state index in [-0.39, 0.29) is 23.0 Å². The summed E-state index contributed by atoms with van der Waals surface area (Å²) < 4.78 is 27.7. The fourth-order valence-corrected chi connectivity index (χ4v) is 2.04. The molecular weight excluding hydrogens is 314 g/mol. The molecule has 112 valence electrons. The van der Waals surface area contributed by atoms with Crippen molar-refractivity contribution in [1.82, 2.24) is 19.9 Å². The van der Waals surface area contributed by atoms with Crippen LogP contribution in [0.2, 0.25) is 5.15 Å². The first-order valence-corrected chi connectivity index (χ1v) is 6.65. The normalized spacial score (nSPS) is 10.9. The highest BCUT2D eigenvalue weighted by Gasteiger charge is 2.12. The van der Waals surface area contributed by atoms with E-state index in [1.807, 2.05) is 0 Å². The van der Waals surface area contributed by atoms with Gasteiger partial charge in [-0.15, -0.1) is 0 Å². The van der Waals surface area contributed by atoms with Gasteiger partial charge in [-0.3, -0.25) is 4.79 Å². The highest BCUT2D eigenvalue weighted by molar-refractivity contribution is 6.29. The van der Waals surface area contributed by atoms with Gasteiger partial charge in [0.1, 0.15) is 22.5 Å². The molecule has 8 heteroatoms. The van der Waals surface area contributed by atoms with Crippen LogP contribution >= 0.6 is 11.6 Å². The maximum atomic E-state index is 13.5. The summed E-state index contributed by atoms with van der Waals surface area (Å²) in [6, 6.07) is 6.33. The van der Waals surface area contributed by atoms with E-state index >= 15 is 0 Å². The third kappa shape index (κ3) is 2.89. The van der Waals surface area contributed by atoms with Crippen molar-refractivity contribution in [2.24, 2.45) is 0 Å². The van der Waals surface area contributed by atoms with Gasteiger partial charge in [0.2, 0.25) is 0 Å². The Labute approximate surface area is 128 Å². The minimum atomic E-state index is -0.719. The second-order valence-electron chi connectivity index (χ2n) is 4.50. The Morgan fingerprint density at radius 1 is 1.27 bits per heavy atom. The number of aromatic nitrogens is 3. The zero-order valence-corrected chi connectivity index (χ0v) is 11.8. The molecule has 0 bridgehead atoms. The number of carbonyl (C=O) groups excluding carboxylic acids is 1. The summed E-state index contributed by atoms with van der Waals surface area (Å²) in [5.41, 5.74) is 0.763. The molecule has 0 aliphatic rings. The van der Waals surface area contributed by atoms with E-state index in [1.165, 1.54) is 16.8 Å². The molecule has 0 fully saturated rings. The summed E-state index contributed by atoms with van der Waals surface area (Å²) in [4.78, 5) is 16.1. The number of fused-ring (bicyclic) bond motifs is 1. The largest absolute Gasteiger partial charge is 0.346 e. The molecule has 1 aromatic carbocycles. The monoisotopic (exact) mass is 322 g/mol. The molecule has 2 aromatic heterocycles. The van der Waals surface area contributed by atoms with Crippen molar-refractivity contribution in [2.45, 2.75) is 6.54 Å². The summed E-state index contributed by atoms with van der Waals surface area (Å²) in [5.74, 6) is -1.88. The number of imidazole rings is 1. The third-order valence-electron chi connectivity index (χ3n) is 2.97. The zero-order valence-electron chi connectivity index (χ0n) is 11.1. The molecule has 1 amide bonds. The number of amides is 1. The van der Waals surface area contributed by atoms with Crippen LogP contribution in [0.3, 0.4) is 0 Å². The molecule has 0 saturated carbocycles. The summed E-state index contributed by atoms with van der Waals surface area (Å²) in [6.07, 6.45) is 1.41. The van der Waals surface area contributed by atoms with E-state index in [0.29, 0.717) is 5.65 Å². The predicted molar refractivity (Wildman–Crippen MR) is 75.5 cm³/mol. The van der Waals surface area contributed by atoms with E-state index in [9.17, 15) is 13.6 Å². The molecule has 1 N–H and O–H groups in total. The molecule has 22 heavy (non-hydrogen) atoms. The first-order chi connectivity index (χ1) is 10.5. The van der Waals surface area contributed by atoms with Crippen LogP contribution in [0, 0.1) is 11.6 Å². The maximum absolute atomic E-state index is 13.5. The van der Waals surface area contributed by atoms with Gasteiger partial charge in [0.15, 0.2) is 5.65 Å². The number of hydrogen-bond donors (Lipinski definition) is 1. The van der Waals surface area contributed by atoms with E-state index in [0.717, 1.165) is 12.1 Å². The van der Waals surface area contributed by atoms with Crippen LogP contribution in [0.15, 0.2) is 36.5 Å². The summed E-state index contributed by atoms with van der Waals surface area (Å²) in [5, 5.41) is 6.74. The highest BCUT2D eigenvalue weighted by atomic mass is 35.5. The first-order valence-electron chi connectivity index (χ1n) is 6.27. The minimum Gasteiger partial charge on any atom is -0.346 e. The molecule has 0 spiro atoms. The smallest absolute Gasteiger partial charge is 0.271 e. The Morgan fingerprint density at radius 2 is 2.09 bits per heavy atom. The lowest BCUT2D eigenvalue weighted by Crippen LogP contribution is -2.23. The van der Waals surface area contributed by atoms with Crippen LogP contribution in [0.5, 0.6) is 0 Å². The van der Waals surface area contributed by atoms with Gasteiger partial charge in [0.05, 0.1) is 6.20 Å². The maximum Gasteiger partial charge on any atom is 0.271 e. The molecule has 3 aromatic rings. The number of nitrogens with one attached hydrogen (secondary N) is 1. The average molecular weight is 323 g/mol. The first kappa shape index (κ1) is 14.4. The summed E-state index contributed by atoms with van der Waals surface area (Å²) in [7, 11) is 0. The van der Waals surface area contributed by atoms with Crippen LogP contribution in [0.4, 0.5) is 8.78 Å². The van der Waals surface area contributed by atoms with Crippen LogP contribution in [0.25, 0.3) is 5.65 Å². The third-order valence-corrected chi connectivity index (χ3v) is 3.18. The van der Waals surface area contributed by atoms with Crippen molar-refractivity contribution in [3.63, 3.8) is 0 Å². The Morgan fingerprint density at radius 3 is 2.86 bits per heavy atom. The van der Waals surface area contributed by atoms with Gasteiger partial charge < -0.3 is 5.32 Å². The molecule has 0 unspecified atom stereocenters. The number of hydrogen-bond acceptors (Lipinski definition) is 3. The molecule has 3 rings (SSSR count). The van der Waals surface area contributed by atoms with Crippen LogP contribution < -0.4 is 5.32 Å². The van der Waals surface area contributed by atoms with Crippen molar-refractivity contribution in [3.8, 4) is 0 Å². The highest BCUT2D eigenvalue weighted by Crippen LogP contribution is 2.10. The van der Waals surface area contributed by atoms with Gasteiger partial charge in [0, 0.05) is 18.2 Å². The van der Waals surface area contributed by atoms with Crippen molar-refractivity contribution in [1.29, 1.82) is 0 Å². The van der Waals surface area contributed by atoms with Gasteiger partial charge in [0.25, 0.3) is 5.91 Å². The number of rotatable bonds is 3. The summed E-state index contributed by atoms with van der Waals surface area (Å²) >= 11 is 5.75. The van der Waals surface area contributed by atoms with Crippen molar-refractivity contribution >= 4 is 23.2 Å². The molecule has 0 radical (unpaired) electrons. The molecule has 0 aliphatic heterocycles. The number of carbonyl (C=O) groups is 1. The standard InChI is InChI=1S/C14H9ClF2N4O/c15-12-3-4-13-19-11(7-21(13)20-12)14(22)18-6-8-1-2-9(16)5-10(8)17/h1-5,7H,6H2,(H,18,22). The van der Waals surface area contributed by atoms with Gasteiger partial charge >= 0.3 is 0 Å². The number of benzene rings is 1. The number of nitrogens with zero attached hydrogens (tertiary/aromatic N) is 3. The van der Waals surface area contributed by atoms with Crippen LogP contribution in [-0.2, 0) is 6.54 Å². The summed E-state index contributed by atoms with van der Waals surface area (Å²) in [6.45, 7) is -0.0764. The van der Waals surface area contributed by atoms with E-state index in [1.54, 1.807) is 12.1 Å². The van der Waals surface area contributed by atoms with Gasteiger partial charge in [-0.05, 0) is 18.2 Å². The van der Waals surface area contributed by atoms with Gasteiger partial charge in [-0.1, -0.05) is 17.7 Å². The van der Waals surface area contributed by atoms with Crippen molar-refractivity contribution in [3.05, 3.63) is 64.6 Å². The van der Waals surface area contributed by atoms with E-state index in [4.69, 9.17) is 11.6 Å².